The van der Waals surface area contributed by atoms with Gasteiger partial charge in [-0.2, -0.15) is 17.2 Å². The van der Waals surface area contributed by atoms with Gasteiger partial charge in [-0.3, -0.25) is 9.67 Å². The van der Waals surface area contributed by atoms with Gasteiger partial charge in [0, 0.05) is 64.7 Å². The van der Waals surface area contributed by atoms with Crippen LogP contribution in [0.15, 0.2) is 147 Å². The van der Waals surface area contributed by atoms with Gasteiger partial charge in [-0.1, -0.05) is 54.0 Å². The zero-order valence-corrected chi connectivity index (χ0v) is 29.5. The molecule has 9 heteroatoms. The van der Waals surface area contributed by atoms with Gasteiger partial charge in [0.25, 0.3) is 0 Å². The molecule has 9 rings (SSSR count). The second-order valence-corrected chi connectivity index (χ2v) is 11.8. The van der Waals surface area contributed by atoms with Gasteiger partial charge in [0.1, 0.15) is 17.8 Å². The van der Waals surface area contributed by atoms with Crippen molar-refractivity contribution in [2.24, 2.45) is 0 Å². The van der Waals surface area contributed by atoms with Crippen molar-refractivity contribution < 1.29 is 25.8 Å². The molecule has 0 saturated heterocycles. The van der Waals surface area contributed by atoms with E-state index in [1.54, 1.807) is 24.8 Å². The van der Waals surface area contributed by atoms with Crippen LogP contribution in [0.2, 0.25) is 0 Å². The average molecular weight is 841 g/mol. The maximum atomic E-state index is 6.49. The van der Waals surface area contributed by atoms with Gasteiger partial charge in [0.05, 0.1) is 5.69 Å². The van der Waals surface area contributed by atoms with Crippen molar-refractivity contribution in [2.45, 2.75) is 6.92 Å². The Morgan fingerprint density at radius 1 is 0.647 bits per heavy atom. The van der Waals surface area contributed by atoms with Gasteiger partial charge >= 0.3 is 21.1 Å². The van der Waals surface area contributed by atoms with Crippen molar-refractivity contribution in [3.8, 4) is 56.6 Å². The van der Waals surface area contributed by atoms with E-state index in [1.807, 2.05) is 77.6 Å². The second-order valence-electron chi connectivity index (χ2n) is 11.8. The Morgan fingerprint density at radius 2 is 1.43 bits per heavy atom. The third-order valence-corrected chi connectivity index (χ3v) is 8.62. The van der Waals surface area contributed by atoms with Crippen LogP contribution in [0.3, 0.4) is 0 Å². The van der Waals surface area contributed by atoms with Crippen LogP contribution in [0.4, 0.5) is 0 Å². The molecule has 0 amide bonds. The van der Waals surface area contributed by atoms with E-state index in [1.165, 1.54) is 6.33 Å². The van der Waals surface area contributed by atoms with Gasteiger partial charge in [0.2, 0.25) is 0 Å². The third-order valence-electron chi connectivity index (χ3n) is 8.62. The molecule has 0 unspecified atom stereocenters. The minimum atomic E-state index is 0. The van der Waals surface area contributed by atoms with Crippen LogP contribution >= 0.6 is 0 Å². The fraction of sp³-hybridized carbons (Fsp3) is 0.0238. The summed E-state index contributed by atoms with van der Waals surface area (Å²) in [5.74, 6) is 1.91. The van der Waals surface area contributed by atoms with Crippen LogP contribution < -0.4 is 4.74 Å². The normalized spacial score (nSPS) is 11.1. The molecule has 0 fully saturated rings. The van der Waals surface area contributed by atoms with E-state index in [4.69, 9.17) is 14.8 Å². The monoisotopic (exact) mass is 840 g/mol. The van der Waals surface area contributed by atoms with Gasteiger partial charge in [-0.25, -0.2) is 15.0 Å². The summed E-state index contributed by atoms with van der Waals surface area (Å²) >= 11 is 0. The summed E-state index contributed by atoms with van der Waals surface area (Å²) < 4.78 is 10.5. The zero-order chi connectivity index (χ0) is 33.4. The molecule has 0 spiro atoms. The Balaban J connectivity index is 0.00000374. The summed E-state index contributed by atoms with van der Waals surface area (Å²) in [4.78, 5) is 17.6. The molecule has 0 aliphatic rings. The SMILES string of the molecule is Cc1ccnc(-n2c3[c-]c(Oc4[c-]c(-n5nc(-c6ccncc6)c(-c6ccccc6)c5-c5cncnc5)ccc4)ccc3c3ccccc32)c1.[Pt+2]. The van der Waals surface area contributed by atoms with E-state index in [2.05, 4.69) is 81.0 Å². The van der Waals surface area contributed by atoms with Crippen molar-refractivity contribution in [1.29, 1.82) is 0 Å². The number of benzene rings is 4. The molecular formula is C42H27N7OPt. The Labute approximate surface area is 308 Å². The minimum Gasteiger partial charge on any atom is -0.509 e. The molecule has 0 bridgehead atoms. The summed E-state index contributed by atoms with van der Waals surface area (Å²) in [5.41, 5.74) is 9.10. The first-order valence-corrected chi connectivity index (χ1v) is 16.1. The molecule has 8 nitrogen and oxygen atoms in total. The number of hydrogen-bond donors (Lipinski definition) is 0. The molecular weight excluding hydrogens is 814 g/mol. The molecule has 0 aliphatic carbocycles. The van der Waals surface area contributed by atoms with E-state index in [0.29, 0.717) is 17.2 Å². The number of pyridine rings is 2. The molecule has 0 radical (unpaired) electrons. The largest absolute Gasteiger partial charge is 2.00 e. The van der Waals surface area contributed by atoms with E-state index in [9.17, 15) is 0 Å². The molecule has 0 N–H and O–H groups in total. The van der Waals surface area contributed by atoms with E-state index < -0.39 is 0 Å². The summed E-state index contributed by atoms with van der Waals surface area (Å²) in [6.07, 6.45) is 10.5. The Hall–Kier alpha value is -6.24. The smallest absolute Gasteiger partial charge is 0.509 e. The number of nitrogens with zero attached hydrogens (tertiary/aromatic N) is 7. The van der Waals surface area contributed by atoms with E-state index >= 15 is 0 Å². The molecule has 0 atom stereocenters. The van der Waals surface area contributed by atoms with Crippen molar-refractivity contribution in [3.05, 3.63) is 164 Å². The first-order valence-electron chi connectivity index (χ1n) is 16.1. The first kappa shape index (κ1) is 32.0. The maximum Gasteiger partial charge on any atom is 2.00 e. The standard InChI is InChI=1S/C42H27N7O.Pt/c1-28-16-21-46-39(22-28)48-37-13-6-5-12-35(37)36-15-14-34(24-38(36)48)50-33-11-7-10-32(23-33)49-42(31-25-44-27-45-26-31)40(29-8-3-2-4-9-29)41(47-49)30-17-19-43-20-18-30;/h2-22,25-27H,1H3;/q-2;+2. The number of aryl methyl sites for hydroxylation is 1. The van der Waals surface area contributed by atoms with Crippen LogP contribution in [0.5, 0.6) is 11.5 Å². The molecule has 0 aliphatic heterocycles. The van der Waals surface area contributed by atoms with Crippen molar-refractivity contribution in [2.75, 3.05) is 0 Å². The zero-order valence-electron chi connectivity index (χ0n) is 27.2. The van der Waals surface area contributed by atoms with Crippen LogP contribution in [0.25, 0.3) is 67.0 Å². The fourth-order valence-electron chi connectivity index (χ4n) is 6.42. The predicted molar refractivity (Wildman–Crippen MR) is 194 cm³/mol. The van der Waals surface area contributed by atoms with Crippen LogP contribution in [0, 0.1) is 19.1 Å². The summed E-state index contributed by atoms with van der Waals surface area (Å²) in [7, 11) is 0. The Bertz CT molecular complexity index is 2640. The summed E-state index contributed by atoms with van der Waals surface area (Å²) in [6, 6.07) is 43.4. The number of rotatable bonds is 7. The average Bonchev–Trinajstić information content (AvgIpc) is 3.73. The molecule has 51 heavy (non-hydrogen) atoms. The number of fused-ring (bicyclic) bond motifs is 3. The molecule has 5 aromatic heterocycles. The maximum absolute atomic E-state index is 6.49. The molecule has 9 aromatic rings. The van der Waals surface area contributed by atoms with Crippen molar-refractivity contribution in [3.63, 3.8) is 0 Å². The minimum absolute atomic E-state index is 0. The third kappa shape index (κ3) is 5.90. The Morgan fingerprint density at radius 3 is 2.25 bits per heavy atom. The van der Waals surface area contributed by atoms with Gasteiger partial charge < -0.3 is 9.30 Å². The van der Waals surface area contributed by atoms with E-state index in [-0.39, 0.29) is 21.1 Å². The van der Waals surface area contributed by atoms with E-state index in [0.717, 1.165) is 66.8 Å². The Kier molecular flexibility index (Phi) is 8.52. The molecule has 246 valence electrons. The van der Waals surface area contributed by atoms with Gasteiger partial charge in [-0.15, -0.1) is 35.7 Å². The predicted octanol–water partition coefficient (Wildman–Crippen LogP) is 9.25. The summed E-state index contributed by atoms with van der Waals surface area (Å²) in [5, 5.41) is 7.39. The number of ether oxygens (including phenoxy) is 1. The second kappa shape index (κ2) is 13.6. The van der Waals surface area contributed by atoms with Crippen LogP contribution in [-0.4, -0.2) is 34.3 Å². The number of para-hydroxylation sites is 1. The van der Waals surface area contributed by atoms with Crippen LogP contribution in [-0.2, 0) is 21.1 Å². The van der Waals surface area contributed by atoms with Gasteiger partial charge in [-0.05, 0) is 59.5 Å². The topological polar surface area (TPSA) is 83.5 Å². The van der Waals surface area contributed by atoms with Gasteiger partial charge in [0.15, 0.2) is 0 Å². The van der Waals surface area contributed by atoms with Crippen LogP contribution in [0.1, 0.15) is 5.56 Å². The number of aromatic nitrogens is 7. The molecule has 4 aromatic carbocycles. The first-order chi connectivity index (χ1) is 24.7. The quantitative estimate of drug-likeness (QED) is 0.149. The fourth-order valence-corrected chi connectivity index (χ4v) is 6.42. The molecule has 5 heterocycles. The number of hydrogen-bond acceptors (Lipinski definition) is 6. The molecule has 0 saturated carbocycles. The summed E-state index contributed by atoms with van der Waals surface area (Å²) in [6.45, 7) is 2.07. The van der Waals surface area contributed by atoms with Crippen molar-refractivity contribution in [1.82, 2.24) is 34.3 Å². The van der Waals surface area contributed by atoms with Crippen molar-refractivity contribution >= 4 is 21.8 Å².